The van der Waals surface area contributed by atoms with E-state index in [1.54, 1.807) is 13.2 Å². The Morgan fingerprint density at radius 2 is 1.38 bits per heavy atom. The highest BCUT2D eigenvalue weighted by molar-refractivity contribution is 6.03. The van der Waals surface area contributed by atoms with Crippen molar-refractivity contribution in [2.24, 2.45) is 0 Å². The molecular formula is C42H49N4O9+. The molecule has 0 spiro atoms. The summed E-state index contributed by atoms with van der Waals surface area (Å²) < 4.78 is 43.2. The van der Waals surface area contributed by atoms with Crippen LogP contribution >= 0.6 is 0 Å². The van der Waals surface area contributed by atoms with Gasteiger partial charge in [-0.15, -0.1) is 0 Å². The molecule has 0 radical (unpaired) electrons. The molecule has 2 aliphatic heterocycles. The number of hydrogen-bond acceptors (Lipinski definition) is 12. The molecule has 3 aliphatic rings. The molecule has 290 valence electrons. The Labute approximate surface area is 321 Å². The quantitative estimate of drug-likeness (QED) is 0.130. The molecule has 0 unspecified atom stereocenters. The minimum atomic E-state index is -0.403. The minimum Gasteiger partial charge on any atom is -0.497 e. The van der Waals surface area contributed by atoms with Crippen molar-refractivity contribution in [3.05, 3.63) is 78.2 Å². The van der Waals surface area contributed by atoms with E-state index in [2.05, 4.69) is 24.3 Å². The molecule has 2 heterocycles. The standard InChI is InChI=1S/C42H49N4O9/c1-43(2)29-9-12-32-36(23-29)55-37-24-30(44(3)4)10-13-33(37)42(32)28-8-14-34-38(22-28)53-20-21-54-39-25-31(49-5)11-15-35(39)46(27-41(48)51-7)17-19-52-18-16-45(34)26-40(47)50-6/h8-15,22-25H,16-21,26-27H2,1-7H3/q+1. The van der Waals surface area contributed by atoms with Crippen LogP contribution in [0.2, 0.25) is 0 Å². The second-order valence-corrected chi connectivity index (χ2v) is 13.4. The Balaban J connectivity index is 1.45. The molecule has 0 amide bonds. The predicted molar refractivity (Wildman–Crippen MR) is 213 cm³/mol. The summed E-state index contributed by atoms with van der Waals surface area (Å²) in [5, 5.41) is 1.96. The number of anilines is 3. The van der Waals surface area contributed by atoms with Crippen LogP contribution < -0.4 is 38.8 Å². The Morgan fingerprint density at radius 1 is 0.745 bits per heavy atom. The molecule has 0 fully saturated rings. The largest absolute Gasteiger partial charge is 0.497 e. The number of carbonyl (C=O) groups excluding carboxylic acids is 2. The van der Waals surface area contributed by atoms with Gasteiger partial charge in [0, 0.05) is 67.6 Å². The number of fused-ring (bicyclic) bond motifs is 4. The smallest absolute Gasteiger partial charge is 0.325 e. The van der Waals surface area contributed by atoms with Crippen LogP contribution in [0.4, 0.5) is 17.1 Å². The maximum absolute atomic E-state index is 12.8. The SMILES string of the molecule is COC(=O)CN1CCOCCN(CC(=O)OC)c2ccc(-c3c4ccc(=[N+](C)C)cc-4oc4cc(N(C)C)ccc34)cc2OCCOc2cc(OC)ccc21. The summed E-state index contributed by atoms with van der Waals surface area (Å²) in [6.07, 6.45) is 0. The lowest BCUT2D eigenvalue weighted by atomic mass is 9.93. The van der Waals surface area contributed by atoms with E-state index < -0.39 is 11.9 Å². The highest BCUT2D eigenvalue weighted by atomic mass is 16.5. The van der Waals surface area contributed by atoms with Crippen LogP contribution in [0.25, 0.3) is 33.4 Å². The van der Waals surface area contributed by atoms with E-state index in [0.717, 1.165) is 44.5 Å². The van der Waals surface area contributed by atoms with E-state index in [-0.39, 0.29) is 32.9 Å². The van der Waals surface area contributed by atoms with E-state index in [4.69, 9.17) is 32.8 Å². The lowest BCUT2D eigenvalue weighted by Gasteiger charge is -2.27. The van der Waals surface area contributed by atoms with Crippen molar-refractivity contribution >= 4 is 40.0 Å². The van der Waals surface area contributed by atoms with Gasteiger partial charge in [0.05, 0.1) is 52.0 Å². The molecular weight excluding hydrogens is 704 g/mol. The highest BCUT2D eigenvalue weighted by Crippen LogP contribution is 2.43. The first kappa shape index (κ1) is 38.8. The average Bonchev–Trinajstić information content (AvgIpc) is 3.19. The number of carbonyl (C=O) groups is 2. The van der Waals surface area contributed by atoms with Gasteiger partial charge in [-0.05, 0) is 48.0 Å². The normalized spacial score (nSPS) is 13.7. The molecule has 3 aromatic carbocycles. The highest BCUT2D eigenvalue weighted by Gasteiger charge is 2.23. The average molecular weight is 754 g/mol. The van der Waals surface area contributed by atoms with E-state index in [0.29, 0.717) is 48.3 Å². The van der Waals surface area contributed by atoms with Gasteiger partial charge >= 0.3 is 11.9 Å². The van der Waals surface area contributed by atoms with Gasteiger partial charge in [-0.3, -0.25) is 9.59 Å². The second-order valence-electron chi connectivity index (χ2n) is 13.4. The number of methoxy groups -OCH3 is 3. The van der Waals surface area contributed by atoms with Gasteiger partial charge in [0.2, 0.25) is 5.36 Å². The predicted octanol–water partition coefficient (Wildman–Crippen LogP) is 4.76. The summed E-state index contributed by atoms with van der Waals surface area (Å²) in [5.41, 5.74) is 5.97. The van der Waals surface area contributed by atoms with Crippen molar-refractivity contribution in [2.45, 2.75) is 0 Å². The number of benzene rings is 4. The van der Waals surface area contributed by atoms with Crippen molar-refractivity contribution < 1.29 is 42.4 Å². The van der Waals surface area contributed by atoms with Crippen molar-refractivity contribution in [3.63, 3.8) is 0 Å². The molecule has 0 saturated heterocycles. The molecule has 0 bridgehead atoms. The summed E-state index contributed by atoms with van der Waals surface area (Å²) in [7, 11) is 12.3. The lowest BCUT2D eigenvalue weighted by Crippen LogP contribution is -2.36. The van der Waals surface area contributed by atoms with Gasteiger partial charge in [-0.25, -0.2) is 4.58 Å². The van der Waals surface area contributed by atoms with Crippen molar-refractivity contribution in [1.82, 2.24) is 4.58 Å². The fraction of sp³-hybridized carbons (Fsp3) is 0.357. The third-order valence-electron chi connectivity index (χ3n) is 9.52. The summed E-state index contributed by atoms with van der Waals surface area (Å²) in [4.78, 5) is 31.0. The number of hydrogen-bond donors (Lipinski definition) is 0. The maximum atomic E-state index is 12.8. The van der Waals surface area contributed by atoms with E-state index >= 15 is 0 Å². The number of ether oxygens (including phenoxy) is 6. The van der Waals surface area contributed by atoms with Crippen LogP contribution in [0.3, 0.4) is 0 Å². The van der Waals surface area contributed by atoms with Crippen LogP contribution in [-0.2, 0) is 23.8 Å². The molecule has 0 atom stereocenters. The molecule has 0 saturated carbocycles. The molecule has 3 aromatic rings. The van der Waals surface area contributed by atoms with Gasteiger partial charge < -0.3 is 47.5 Å². The van der Waals surface area contributed by atoms with Crippen LogP contribution in [0.5, 0.6) is 17.2 Å². The first-order valence-corrected chi connectivity index (χ1v) is 18.1. The third kappa shape index (κ3) is 8.89. The summed E-state index contributed by atoms with van der Waals surface area (Å²) >= 11 is 0. The monoisotopic (exact) mass is 753 g/mol. The molecule has 0 N–H and O–H groups in total. The van der Waals surface area contributed by atoms with E-state index in [1.165, 1.54) is 14.2 Å². The zero-order valence-electron chi connectivity index (χ0n) is 32.5. The topological polar surface area (TPSA) is 115 Å². The van der Waals surface area contributed by atoms with Crippen molar-refractivity contribution in [2.75, 3.05) is 117 Å². The van der Waals surface area contributed by atoms with E-state index in [1.807, 2.05) is 89.9 Å². The lowest BCUT2D eigenvalue weighted by molar-refractivity contribution is -0.139. The van der Waals surface area contributed by atoms with Gasteiger partial charge in [-0.1, -0.05) is 6.07 Å². The zero-order valence-corrected chi connectivity index (χ0v) is 32.5. The van der Waals surface area contributed by atoms with Gasteiger partial charge in [0.25, 0.3) is 0 Å². The Hall–Kier alpha value is -5.95. The van der Waals surface area contributed by atoms with Crippen LogP contribution in [0.15, 0.2) is 77.2 Å². The fourth-order valence-corrected chi connectivity index (χ4v) is 6.54. The maximum Gasteiger partial charge on any atom is 0.325 e. The molecule has 13 heteroatoms. The second kappa shape index (κ2) is 17.5. The minimum absolute atomic E-state index is 0.00915. The fourth-order valence-electron chi connectivity index (χ4n) is 6.54. The molecule has 1 aliphatic carbocycles. The van der Waals surface area contributed by atoms with Gasteiger partial charge in [0.1, 0.15) is 69.0 Å². The van der Waals surface area contributed by atoms with E-state index in [9.17, 15) is 9.59 Å². The van der Waals surface area contributed by atoms with Crippen LogP contribution in [0, 0.1) is 0 Å². The molecule has 6 rings (SSSR count). The number of nitrogens with zero attached hydrogens (tertiary/aromatic N) is 4. The van der Waals surface area contributed by atoms with Crippen LogP contribution in [0.1, 0.15) is 0 Å². The van der Waals surface area contributed by atoms with Gasteiger partial charge in [0.15, 0.2) is 0 Å². The van der Waals surface area contributed by atoms with Crippen molar-refractivity contribution in [1.29, 1.82) is 0 Å². The van der Waals surface area contributed by atoms with Crippen molar-refractivity contribution in [3.8, 4) is 39.7 Å². The zero-order chi connectivity index (χ0) is 39.1. The summed E-state index contributed by atoms with van der Waals surface area (Å²) in [6.45, 7) is 1.62. The first-order valence-electron chi connectivity index (χ1n) is 18.1. The summed E-state index contributed by atoms with van der Waals surface area (Å²) in [6, 6.07) is 23.9. The van der Waals surface area contributed by atoms with Gasteiger partial charge in [-0.2, -0.15) is 0 Å². The number of rotatable bonds is 7. The molecule has 0 aromatic heterocycles. The Bertz CT molecular complexity index is 2190. The summed E-state index contributed by atoms with van der Waals surface area (Å²) in [5.74, 6) is 1.61. The Morgan fingerprint density at radius 3 is 1.98 bits per heavy atom. The Kier molecular flexibility index (Phi) is 12.3. The van der Waals surface area contributed by atoms with Crippen LogP contribution in [-0.4, -0.2) is 114 Å². The molecule has 55 heavy (non-hydrogen) atoms. The first-order chi connectivity index (χ1) is 26.6. The number of esters is 2. The molecule has 13 nitrogen and oxygen atoms in total. The third-order valence-corrected chi connectivity index (χ3v) is 9.52.